The van der Waals surface area contributed by atoms with Crippen LogP contribution >= 0.6 is 0 Å². The molecule has 0 N–H and O–H groups in total. The molecule has 0 rings (SSSR count). The third-order valence-corrected chi connectivity index (χ3v) is 3.36. The SMILES string of the molecule is [Li][CH2]C/C=C/CCOCOCCCCCCCCCC. The topological polar surface area (TPSA) is 18.5 Å². The number of unbranched alkanes of at least 4 members (excludes halogenated alkanes) is 7. The Morgan fingerprint density at radius 2 is 1.35 bits per heavy atom. The molecule has 0 saturated heterocycles. The van der Waals surface area contributed by atoms with Gasteiger partial charge in [0.2, 0.25) is 0 Å². The monoisotopic (exact) mass is 276 g/mol. The van der Waals surface area contributed by atoms with E-state index in [1.165, 1.54) is 62.9 Å². The van der Waals surface area contributed by atoms with Gasteiger partial charge in [0, 0.05) is 0 Å². The molecule has 0 bridgehead atoms. The summed E-state index contributed by atoms with van der Waals surface area (Å²) in [5.74, 6) is 0. The third kappa shape index (κ3) is 18.3. The van der Waals surface area contributed by atoms with Crippen molar-refractivity contribution in [1.29, 1.82) is 0 Å². The van der Waals surface area contributed by atoms with Gasteiger partial charge in [-0.05, 0) is 0 Å². The summed E-state index contributed by atoms with van der Waals surface area (Å²) < 4.78 is 10.9. The molecule has 0 atom stereocenters. The average Bonchev–Trinajstić information content (AvgIpc) is 2.47. The van der Waals surface area contributed by atoms with Crippen molar-refractivity contribution in [2.75, 3.05) is 20.0 Å². The first-order chi connectivity index (χ1) is 9.91. The second kappa shape index (κ2) is 19.3. The molecule has 0 aromatic heterocycles. The minimum atomic E-state index is 0.456. The van der Waals surface area contributed by atoms with Crippen LogP contribution in [-0.2, 0) is 9.47 Å². The Kier molecular flexibility index (Phi) is 19.5. The maximum absolute atomic E-state index is 5.46. The van der Waals surface area contributed by atoms with Gasteiger partial charge in [0.1, 0.15) is 0 Å². The van der Waals surface area contributed by atoms with Crippen molar-refractivity contribution in [3.05, 3.63) is 12.2 Å². The zero-order valence-electron chi connectivity index (χ0n) is 13.9. The van der Waals surface area contributed by atoms with E-state index in [0.29, 0.717) is 6.79 Å². The van der Waals surface area contributed by atoms with Crippen molar-refractivity contribution in [2.24, 2.45) is 0 Å². The molecule has 0 saturated carbocycles. The summed E-state index contributed by atoms with van der Waals surface area (Å²) >= 11 is 2.19. The van der Waals surface area contributed by atoms with Gasteiger partial charge in [0.25, 0.3) is 0 Å². The molecule has 0 unspecified atom stereocenters. The van der Waals surface area contributed by atoms with E-state index in [2.05, 4.69) is 36.8 Å². The predicted octanol–water partition coefficient (Wildman–Crippen LogP) is 5.04. The number of rotatable bonds is 16. The molecule has 0 aliphatic heterocycles. The summed E-state index contributed by atoms with van der Waals surface area (Å²) in [5, 5.41) is 1.22. The van der Waals surface area contributed by atoms with Gasteiger partial charge >= 0.3 is 90.1 Å². The molecule has 0 aromatic rings. The van der Waals surface area contributed by atoms with Crippen molar-refractivity contribution in [3.63, 3.8) is 0 Å². The Labute approximate surface area is 135 Å². The number of allylic oxidation sites excluding steroid dienone is 1. The number of ether oxygens (including phenoxy) is 2. The van der Waals surface area contributed by atoms with Crippen molar-refractivity contribution in [3.8, 4) is 0 Å². The molecular formula is C17H33LiO2. The van der Waals surface area contributed by atoms with Crippen LogP contribution in [0, 0.1) is 0 Å². The molecule has 0 amide bonds. The van der Waals surface area contributed by atoms with Gasteiger partial charge in [0.05, 0.1) is 0 Å². The summed E-state index contributed by atoms with van der Waals surface area (Å²) in [6.07, 6.45) is 17.4. The average molecular weight is 276 g/mol. The van der Waals surface area contributed by atoms with Gasteiger partial charge in [-0.1, -0.05) is 45.4 Å². The Morgan fingerprint density at radius 3 is 2.05 bits per heavy atom. The molecule has 0 aromatic carbocycles. The second-order valence-corrected chi connectivity index (χ2v) is 5.46. The molecule has 0 spiro atoms. The first-order valence-corrected chi connectivity index (χ1v) is 8.72. The fourth-order valence-electron chi connectivity index (χ4n) is 2.07. The molecule has 0 fully saturated rings. The summed E-state index contributed by atoms with van der Waals surface area (Å²) in [4.78, 5) is 0. The zero-order valence-corrected chi connectivity index (χ0v) is 13.9. The van der Waals surface area contributed by atoms with Crippen LogP contribution < -0.4 is 0 Å². The molecule has 0 aliphatic carbocycles. The molecular weight excluding hydrogens is 243 g/mol. The number of hydrogen-bond acceptors (Lipinski definition) is 2. The molecule has 0 aliphatic rings. The van der Waals surface area contributed by atoms with Gasteiger partial charge in [0.15, 0.2) is 0 Å². The third-order valence-electron chi connectivity index (χ3n) is 3.36. The zero-order chi connectivity index (χ0) is 14.7. The van der Waals surface area contributed by atoms with Crippen LogP contribution in [0.5, 0.6) is 0 Å². The summed E-state index contributed by atoms with van der Waals surface area (Å²) in [6.45, 7) is 4.34. The van der Waals surface area contributed by atoms with E-state index in [9.17, 15) is 0 Å². The molecule has 2 nitrogen and oxygen atoms in total. The van der Waals surface area contributed by atoms with E-state index in [0.717, 1.165) is 19.6 Å². The van der Waals surface area contributed by atoms with Crippen LogP contribution in [0.1, 0.15) is 71.1 Å². The Morgan fingerprint density at radius 1 is 0.750 bits per heavy atom. The summed E-state index contributed by atoms with van der Waals surface area (Å²) in [5.41, 5.74) is 0. The predicted molar refractivity (Wildman–Crippen MR) is 88.3 cm³/mol. The van der Waals surface area contributed by atoms with Gasteiger partial charge in [-0.3, -0.25) is 0 Å². The molecule has 20 heavy (non-hydrogen) atoms. The van der Waals surface area contributed by atoms with Crippen LogP contribution in [0.3, 0.4) is 0 Å². The molecule has 0 heterocycles. The minimum Gasteiger partial charge on any atom is -0.0654 e. The standard InChI is InChI=1S/C17H33O2.Li/c1-3-5-7-9-10-11-12-14-16-19-17-18-15-13-8-6-4-2;/h6,8H,2-5,7,9-17H2,1H3;/b8-6+;. The fourth-order valence-corrected chi connectivity index (χ4v) is 2.07. The number of hydrogen-bond donors (Lipinski definition) is 0. The fraction of sp³-hybridized carbons (Fsp3) is 0.882. The van der Waals surface area contributed by atoms with E-state index in [1.54, 1.807) is 0 Å². The van der Waals surface area contributed by atoms with Crippen LogP contribution in [-0.4, -0.2) is 37.7 Å². The first-order valence-electron chi connectivity index (χ1n) is 8.72. The van der Waals surface area contributed by atoms with E-state index in [-0.39, 0.29) is 0 Å². The Balaban J connectivity index is 2.96. The van der Waals surface area contributed by atoms with Gasteiger partial charge < -0.3 is 0 Å². The minimum absolute atomic E-state index is 0.456. The second-order valence-electron chi connectivity index (χ2n) is 5.46. The van der Waals surface area contributed by atoms with Crippen LogP contribution in [0.2, 0.25) is 5.09 Å². The van der Waals surface area contributed by atoms with Gasteiger partial charge in [-0.25, -0.2) is 0 Å². The van der Waals surface area contributed by atoms with Gasteiger partial charge in [-0.15, -0.1) is 0 Å². The van der Waals surface area contributed by atoms with Crippen LogP contribution in [0.4, 0.5) is 0 Å². The summed E-state index contributed by atoms with van der Waals surface area (Å²) in [7, 11) is 0. The Hall–Kier alpha value is 0.257. The van der Waals surface area contributed by atoms with E-state index in [1.807, 2.05) is 0 Å². The van der Waals surface area contributed by atoms with E-state index in [4.69, 9.17) is 9.47 Å². The van der Waals surface area contributed by atoms with Crippen molar-refractivity contribution in [2.45, 2.75) is 76.2 Å². The smallest absolute Gasteiger partial charge is 0.0654 e. The van der Waals surface area contributed by atoms with Crippen molar-refractivity contribution < 1.29 is 9.47 Å². The van der Waals surface area contributed by atoms with Gasteiger partial charge in [-0.2, -0.15) is 0 Å². The van der Waals surface area contributed by atoms with Crippen molar-refractivity contribution >= 4 is 17.7 Å². The maximum atomic E-state index is 5.46. The Bertz CT molecular complexity index is 195. The first kappa shape index (κ1) is 20.3. The summed E-state index contributed by atoms with van der Waals surface area (Å²) in [6, 6.07) is 0. The molecule has 0 radical (unpaired) electrons. The molecule has 3 heteroatoms. The van der Waals surface area contributed by atoms with Crippen molar-refractivity contribution in [1.82, 2.24) is 0 Å². The molecule has 114 valence electrons. The van der Waals surface area contributed by atoms with Crippen LogP contribution in [0.25, 0.3) is 0 Å². The van der Waals surface area contributed by atoms with E-state index < -0.39 is 0 Å². The quantitative estimate of drug-likeness (QED) is 0.170. The van der Waals surface area contributed by atoms with Crippen LogP contribution in [0.15, 0.2) is 12.2 Å². The van der Waals surface area contributed by atoms with E-state index >= 15 is 0 Å². The normalized spacial score (nSPS) is 11.6.